The second kappa shape index (κ2) is 6.06. The third-order valence-electron chi connectivity index (χ3n) is 2.90. The van der Waals surface area contributed by atoms with Crippen LogP contribution in [0.3, 0.4) is 0 Å². The largest absolute Gasteiger partial charge is 0.494 e. The molecule has 1 saturated heterocycles. The number of piperidine rings is 1. The van der Waals surface area contributed by atoms with Gasteiger partial charge in [-0.3, -0.25) is 0 Å². The molecule has 1 N–H and O–H groups in total. The molecule has 1 atom stereocenters. The van der Waals surface area contributed by atoms with Gasteiger partial charge in [0.25, 0.3) is 0 Å². The minimum atomic E-state index is -0.223. The molecule has 1 aromatic carbocycles. The standard InChI is InChI=1S/C12H16FNO.ClH/c1-15-11-7-4-5-9(12(11)13)10-6-2-3-8-14-10;/h4-5,7,10,14H,2-3,6,8H2,1H3;1H/t10-;/m1./s1. The van der Waals surface area contributed by atoms with Crippen molar-refractivity contribution in [1.29, 1.82) is 0 Å². The van der Waals surface area contributed by atoms with Crippen LogP contribution in [0, 0.1) is 5.82 Å². The summed E-state index contributed by atoms with van der Waals surface area (Å²) >= 11 is 0. The number of benzene rings is 1. The first kappa shape index (κ1) is 13.3. The van der Waals surface area contributed by atoms with Crippen LogP contribution < -0.4 is 10.1 Å². The normalized spacial score (nSPS) is 20.0. The average molecular weight is 246 g/mol. The second-order valence-corrected chi connectivity index (χ2v) is 3.87. The molecule has 0 spiro atoms. The Kier molecular flexibility index (Phi) is 5.03. The summed E-state index contributed by atoms with van der Waals surface area (Å²) in [6.07, 6.45) is 3.35. The minimum Gasteiger partial charge on any atom is -0.494 e. The topological polar surface area (TPSA) is 21.3 Å². The zero-order chi connectivity index (χ0) is 10.7. The summed E-state index contributed by atoms with van der Waals surface area (Å²) in [6, 6.07) is 5.48. The first-order valence-corrected chi connectivity index (χ1v) is 5.38. The molecule has 4 heteroatoms. The van der Waals surface area contributed by atoms with Crippen LogP contribution in [-0.2, 0) is 0 Å². The Balaban J connectivity index is 0.00000128. The Morgan fingerprint density at radius 1 is 1.38 bits per heavy atom. The van der Waals surface area contributed by atoms with Gasteiger partial charge in [-0.2, -0.15) is 0 Å². The molecule has 0 bridgehead atoms. The molecular formula is C12H17ClFNO. The molecule has 0 aromatic heterocycles. The van der Waals surface area contributed by atoms with E-state index in [0.29, 0.717) is 5.75 Å². The van der Waals surface area contributed by atoms with Crippen LogP contribution in [0.25, 0.3) is 0 Å². The van der Waals surface area contributed by atoms with E-state index in [1.807, 2.05) is 12.1 Å². The van der Waals surface area contributed by atoms with E-state index in [-0.39, 0.29) is 24.3 Å². The van der Waals surface area contributed by atoms with Gasteiger partial charge >= 0.3 is 0 Å². The van der Waals surface area contributed by atoms with Gasteiger partial charge in [-0.1, -0.05) is 18.6 Å². The van der Waals surface area contributed by atoms with Gasteiger partial charge in [0.05, 0.1) is 7.11 Å². The molecule has 1 aliphatic rings. The van der Waals surface area contributed by atoms with Crippen LogP contribution in [0.2, 0.25) is 0 Å². The van der Waals surface area contributed by atoms with Crippen molar-refractivity contribution < 1.29 is 9.13 Å². The van der Waals surface area contributed by atoms with Crippen molar-refractivity contribution >= 4 is 12.4 Å². The van der Waals surface area contributed by atoms with Gasteiger partial charge in [-0.05, 0) is 25.5 Å². The highest BCUT2D eigenvalue weighted by Gasteiger charge is 2.19. The Morgan fingerprint density at radius 2 is 2.19 bits per heavy atom. The van der Waals surface area contributed by atoms with Crippen molar-refractivity contribution in [2.75, 3.05) is 13.7 Å². The van der Waals surface area contributed by atoms with Gasteiger partial charge in [0, 0.05) is 11.6 Å². The predicted octanol–water partition coefficient (Wildman–Crippen LogP) is 3.07. The van der Waals surface area contributed by atoms with Gasteiger partial charge in [0.15, 0.2) is 11.6 Å². The molecule has 1 aromatic rings. The fraction of sp³-hybridized carbons (Fsp3) is 0.500. The van der Waals surface area contributed by atoms with Gasteiger partial charge < -0.3 is 10.1 Å². The maximum Gasteiger partial charge on any atom is 0.169 e. The van der Waals surface area contributed by atoms with Gasteiger partial charge in [0.1, 0.15) is 0 Å². The van der Waals surface area contributed by atoms with Crippen molar-refractivity contribution in [3.05, 3.63) is 29.6 Å². The fourth-order valence-electron chi connectivity index (χ4n) is 2.07. The van der Waals surface area contributed by atoms with Crippen LogP contribution in [0.4, 0.5) is 4.39 Å². The van der Waals surface area contributed by atoms with E-state index < -0.39 is 0 Å². The summed E-state index contributed by atoms with van der Waals surface area (Å²) in [5, 5.41) is 3.33. The Labute approximate surface area is 102 Å². The quantitative estimate of drug-likeness (QED) is 0.865. The van der Waals surface area contributed by atoms with Crippen molar-refractivity contribution in [1.82, 2.24) is 5.32 Å². The first-order valence-electron chi connectivity index (χ1n) is 5.38. The lowest BCUT2D eigenvalue weighted by Gasteiger charge is -2.24. The van der Waals surface area contributed by atoms with Crippen LogP contribution in [0.15, 0.2) is 18.2 Å². The lowest BCUT2D eigenvalue weighted by molar-refractivity contribution is 0.366. The molecular weight excluding hydrogens is 229 g/mol. The second-order valence-electron chi connectivity index (χ2n) is 3.87. The highest BCUT2D eigenvalue weighted by Crippen LogP contribution is 2.29. The summed E-state index contributed by atoms with van der Waals surface area (Å²) in [6.45, 7) is 0.974. The number of methoxy groups -OCH3 is 1. The zero-order valence-corrected chi connectivity index (χ0v) is 10.1. The lowest BCUT2D eigenvalue weighted by atomic mass is 9.97. The van der Waals surface area contributed by atoms with E-state index in [1.165, 1.54) is 13.5 Å². The summed E-state index contributed by atoms with van der Waals surface area (Å²) in [5.74, 6) is 0.110. The third-order valence-corrected chi connectivity index (χ3v) is 2.90. The van der Waals surface area contributed by atoms with Crippen molar-refractivity contribution in [3.63, 3.8) is 0 Å². The third kappa shape index (κ3) is 2.66. The van der Waals surface area contributed by atoms with Crippen LogP contribution >= 0.6 is 12.4 Å². The summed E-state index contributed by atoms with van der Waals surface area (Å²) in [4.78, 5) is 0. The Hall–Kier alpha value is -0.800. The lowest BCUT2D eigenvalue weighted by Crippen LogP contribution is -2.27. The molecule has 2 rings (SSSR count). The number of hydrogen-bond donors (Lipinski definition) is 1. The summed E-state index contributed by atoms with van der Waals surface area (Å²) in [7, 11) is 1.50. The van der Waals surface area contributed by atoms with E-state index in [1.54, 1.807) is 6.07 Å². The number of rotatable bonds is 2. The molecule has 1 aliphatic heterocycles. The maximum atomic E-state index is 13.9. The van der Waals surface area contributed by atoms with Gasteiger partial charge in [-0.25, -0.2) is 4.39 Å². The van der Waals surface area contributed by atoms with Crippen LogP contribution in [0.5, 0.6) is 5.75 Å². The van der Waals surface area contributed by atoms with E-state index in [4.69, 9.17) is 4.74 Å². The van der Waals surface area contributed by atoms with E-state index >= 15 is 0 Å². The number of ether oxygens (including phenoxy) is 1. The molecule has 0 saturated carbocycles. The van der Waals surface area contributed by atoms with Gasteiger partial charge in [-0.15, -0.1) is 12.4 Å². The molecule has 90 valence electrons. The van der Waals surface area contributed by atoms with E-state index in [2.05, 4.69) is 5.32 Å². The molecule has 1 heterocycles. The molecule has 16 heavy (non-hydrogen) atoms. The Bertz CT molecular complexity index is 340. The van der Waals surface area contributed by atoms with Crippen molar-refractivity contribution in [2.45, 2.75) is 25.3 Å². The van der Waals surface area contributed by atoms with E-state index in [9.17, 15) is 4.39 Å². The molecule has 0 amide bonds. The fourth-order valence-corrected chi connectivity index (χ4v) is 2.07. The molecule has 0 aliphatic carbocycles. The Morgan fingerprint density at radius 3 is 2.81 bits per heavy atom. The zero-order valence-electron chi connectivity index (χ0n) is 9.33. The maximum absolute atomic E-state index is 13.9. The summed E-state index contributed by atoms with van der Waals surface area (Å²) in [5.41, 5.74) is 0.731. The minimum absolute atomic E-state index is 0. The highest BCUT2D eigenvalue weighted by molar-refractivity contribution is 5.85. The number of nitrogens with one attached hydrogen (secondary N) is 1. The molecule has 0 unspecified atom stereocenters. The van der Waals surface area contributed by atoms with Crippen molar-refractivity contribution in [3.8, 4) is 5.75 Å². The monoisotopic (exact) mass is 245 g/mol. The SMILES string of the molecule is COc1cccc([C@H]2CCCCN2)c1F.Cl. The van der Waals surface area contributed by atoms with Crippen molar-refractivity contribution in [2.24, 2.45) is 0 Å². The molecule has 1 fully saturated rings. The number of hydrogen-bond acceptors (Lipinski definition) is 2. The summed E-state index contributed by atoms with van der Waals surface area (Å²) < 4.78 is 18.9. The number of halogens is 2. The van der Waals surface area contributed by atoms with Crippen LogP contribution in [0.1, 0.15) is 30.9 Å². The predicted molar refractivity (Wildman–Crippen MR) is 64.8 cm³/mol. The van der Waals surface area contributed by atoms with E-state index in [0.717, 1.165) is 24.9 Å². The van der Waals surface area contributed by atoms with Crippen LogP contribution in [-0.4, -0.2) is 13.7 Å². The first-order chi connectivity index (χ1) is 7.33. The highest BCUT2D eigenvalue weighted by atomic mass is 35.5. The molecule has 2 nitrogen and oxygen atoms in total. The van der Waals surface area contributed by atoms with Gasteiger partial charge in [0.2, 0.25) is 0 Å². The average Bonchev–Trinajstić information content (AvgIpc) is 2.30. The smallest absolute Gasteiger partial charge is 0.169 e. The molecule has 0 radical (unpaired) electrons.